The van der Waals surface area contributed by atoms with E-state index in [-0.39, 0.29) is 29.4 Å². The third kappa shape index (κ3) is 5.07. The molecule has 2 rings (SSSR count). The Morgan fingerprint density at radius 2 is 1.78 bits per heavy atom. The molecular formula is C18H22N2O5S2. The van der Waals surface area contributed by atoms with E-state index in [1.54, 1.807) is 38.1 Å². The molecule has 146 valence electrons. The van der Waals surface area contributed by atoms with Crippen LogP contribution in [0.25, 0.3) is 0 Å². The van der Waals surface area contributed by atoms with Crippen LogP contribution in [0, 0.1) is 10.1 Å². The molecule has 1 atom stereocenters. The minimum absolute atomic E-state index is 0.106. The molecule has 0 aromatic heterocycles. The van der Waals surface area contributed by atoms with Crippen molar-refractivity contribution in [2.45, 2.75) is 29.7 Å². The summed E-state index contributed by atoms with van der Waals surface area (Å²) in [7, 11) is -3.78. The monoisotopic (exact) mass is 410 g/mol. The van der Waals surface area contributed by atoms with E-state index in [1.807, 2.05) is 6.07 Å². The van der Waals surface area contributed by atoms with Crippen LogP contribution in [-0.2, 0) is 10.0 Å². The fourth-order valence-corrected chi connectivity index (χ4v) is 5.03. The number of nitro benzene ring substituents is 1. The SMILES string of the molecule is CCN(CC)S(=O)(=O)c1ccc(SCC(O)c2ccccc2)c([N+](=O)[O-])c1. The number of benzene rings is 2. The average molecular weight is 411 g/mol. The maximum atomic E-state index is 12.6. The summed E-state index contributed by atoms with van der Waals surface area (Å²) in [6.45, 7) is 3.99. The second kappa shape index (κ2) is 9.32. The summed E-state index contributed by atoms with van der Waals surface area (Å²) in [4.78, 5) is 11.1. The molecule has 0 heterocycles. The highest BCUT2D eigenvalue weighted by molar-refractivity contribution is 7.99. The number of nitrogens with zero attached hydrogens (tertiary/aromatic N) is 2. The van der Waals surface area contributed by atoms with E-state index in [0.717, 1.165) is 17.8 Å². The fraction of sp³-hybridized carbons (Fsp3) is 0.333. The molecule has 0 amide bonds. The van der Waals surface area contributed by atoms with Gasteiger partial charge in [0.25, 0.3) is 5.69 Å². The Kier molecular flexibility index (Phi) is 7.37. The largest absolute Gasteiger partial charge is 0.388 e. The maximum Gasteiger partial charge on any atom is 0.284 e. The highest BCUT2D eigenvalue weighted by Gasteiger charge is 2.26. The van der Waals surface area contributed by atoms with Crippen molar-refractivity contribution >= 4 is 27.5 Å². The number of thioether (sulfide) groups is 1. The van der Waals surface area contributed by atoms with Gasteiger partial charge in [0, 0.05) is 24.9 Å². The number of hydrogen-bond acceptors (Lipinski definition) is 6. The standard InChI is InChI=1S/C18H22N2O5S2/c1-3-19(4-2)27(24,25)15-10-11-18(16(12-15)20(22)23)26-13-17(21)14-8-6-5-7-9-14/h5-12,17,21H,3-4,13H2,1-2H3. The third-order valence-electron chi connectivity index (χ3n) is 4.05. The first-order valence-electron chi connectivity index (χ1n) is 8.45. The number of nitro groups is 1. The molecule has 9 heteroatoms. The highest BCUT2D eigenvalue weighted by Crippen LogP contribution is 2.34. The van der Waals surface area contributed by atoms with Crippen LogP contribution in [0.2, 0.25) is 0 Å². The number of hydrogen-bond donors (Lipinski definition) is 1. The molecule has 1 unspecified atom stereocenters. The molecule has 0 fully saturated rings. The summed E-state index contributed by atoms with van der Waals surface area (Å²) in [5, 5.41) is 21.7. The van der Waals surface area contributed by atoms with Crippen LogP contribution < -0.4 is 0 Å². The predicted molar refractivity (Wildman–Crippen MR) is 105 cm³/mol. The molecule has 0 spiro atoms. The van der Waals surface area contributed by atoms with Gasteiger partial charge in [0.15, 0.2) is 0 Å². The topological polar surface area (TPSA) is 101 Å². The van der Waals surface area contributed by atoms with Crippen molar-refractivity contribution in [3.8, 4) is 0 Å². The fourth-order valence-electron chi connectivity index (χ4n) is 2.58. The van der Waals surface area contributed by atoms with Crippen molar-refractivity contribution in [3.05, 3.63) is 64.2 Å². The lowest BCUT2D eigenvalue weighted by Gasteiger charge is -2.18. The van der Waals surface area contributed by atoms with Gasteiger partial charge in [0.1, 0.15) is 0 Å². The van der Waals surface area contributed by atoms with Crippen molar-refractivity contribution in [1.29, 1.82) is 0 Å². The second-order valence-electron chi connectivity index (χ2n) is 5.71. The van der Waals surface area contributed by atoms with Gasteiger partial charge in [-0.05, 0) is 17.7 Å². The van der Waals surface area contributed by atoms with Gasteiger partial charge < -0.3 is 5.11 Å². The van der Waals surface area contributed by atoms with Crippen LogP contribution in [0.1, 0.15) is 25.5 Å². The Labute approximate surface area is 163 Å². The van der Waals surface area contributed by atoms with E-state index < -0.39 is 21.1 Å². The van der Waals surface area contributed by atoms with Gasteiger partial charge in [0.2, 0.25) is 10.0 Å². The molecule has 0 radical (unpaired) electrons. The summed E-state index contributed by atoms with van der Waals surface area (Å²) in [5.41, 5.74) is 0.432. The van der Waals surface area contributed by atoms with Gasteiger partial charge in [-0.3, -0.25) is 10.1 Å². The van der Waals surface area contributed by atoms with Crippen LogP contribution in [0.4, 0.5) is 5.69 Å². The number of rotatable bonds is 9. The van der Waals surface area contributed by atoms with Crippen molar-refractivity contribution in [1.82, 2.24) is 4.31 Å². The summed E-state index contributed by atoms with van der Waals surface area (Å²) in [6, 6.07) is 12.9. The van der Waals surface area contributed by atoms with Crippen LogP contribution >= 0.6 is 11.8 Å². The van der Waals surface area contributed by atoms with E-state index in [1.165, 1.54) is 16.4 Å². The summed E-state index contributed by atoms with van der Waals surface area (Å²) in [5.74, 6) is 0.215. The number of aliphatic hydroxyl groups excluding tert-OH is 1. The van der Waals surface area contributed by atoms with Gasteiger partial charge in [-0.1, -0.05) is 44.2 Å². The van der Waals surface area contributed by atoms with Crippen LogP contribution in [-0.4, -0.2) is 41.6 Å². The molecule has 0 aliphatic heterocycles. The van der Waals surface area contributed by atoms with Crippen molar-refractivity contribution in [3.63, 3.8) is 0 Å². The molecular weight excluding hydrogens is 388 g/mol. The Morgan fingerprint density at radius 3 is 2.33 bits per heavy atom. The molecule has 2 aromatic rings. The Morgan fingerprint density at radius 1 is 1.15 bits per heavy atom. The molecule has 2 aromatic carbocycles. The minimum atomic E-state index is -3.78. The van der Waals surface area contributed by atoms with E-state index in [2.05, 4.69) is 0 Å². The first-order chi connectivity index (χ1) is 12.8. The van der Waals surface area contributed by atoms with Gasteiger partial charge in [-0.2, -0.15) is 4.31 Å². The van der Waals surface area contributed by atoms with Crippen molar-refractivity contribution in [2.75, 3.05) is 18.8 Å². The van der Waals surface area contributed by atoms with Gasteiger partial charge in [-0.15, -0.1) is 11.8 Å². The van der Waals surface area contributed by atoms with E-state index in [9.17, 15) is 23.6 Å². The van der Waals surface area contributed by atoms with Crippen molar-refractivity contribution < 1.29 is 18.4 Å². The molecule has 0 aliphatic carbocycles. The van der Waals surface area contributed by atoms with Gasteiger partial charge in [0.05, 0.1) is 20.8 Å². The number of sulfonamides is 1. The molecule has 0 saturated heterocycles. The Bertz CT molecular complexity index is 884. The van der Waals surface area contributed by atoms with E-state index >= 15 is 0 Å². The van der Waals surface area contributed by atoms with Crippen LogP contribution in [0.5, 0.6) is 0 Å². The lowest BCUT2D eigenvalue weighted by molar-refractivity contribution is -0.388. The zero-order valence-corrected chi connectivity index (χ0v) is 16.7. The summed E-state index contributed by atoms with van der Waals surface area (Å²) in [6.07, 6.45) is -0.783. The van der Waals surface area contributed by atoms with E-state index in [4.69, 9.17) is 0 Å². The summed E-state index contributed by atoms with van der Waals surface area (Å²) >= 11 is 1.12. The van der Waals surface area contributed by atoms with Gasteiger partial charge >= 0.3 is 0 Å². The zero-order valence-electron chi connectivity index (χ0n) is 15.1. The van der Waals surface area contributed by atoms with Crippen LogP contribution in [0.3, 0.4) is 0 Å². The quantitative estimate of drug-likeness (QED) is 0.386. The molecule has 0 saturated carbocycles. The number of aliphatic hydroxyl groups is 1. The zero-order chi connectivity index (χ0) is 20.0. The predicted octanol–water partition coefficient (Wildman–Crippen LogP) is 3.45. The summed E-state index contributed by atoms with van der Waals surface area (Å²) < 4.78 is 26.4. The van der Waals surface area contributed by atoms with Crippen LogP contribution in [0.15, 0.2) is 58.3 Å². The average Bonchev–Trinajstić information content (AvgIpc) is 2.67. The third-order valence-corrected chi connectivity index (χ3v) is 7.24. The molecule has 0 bridgehead atoms. The lowest BCUT2D eigenvalue weighted by Crippen LogP contribution is -2.30. The highest BCUT2D eigenvalue weighted by atomic mass is 32.2. The minimum Gasteiger partial charge on any atom is -0.388 e. The lowest BCUT2D eigenvalue weighted by atomic mass is 10.1. The second-order valence-corrected chi connectivity index (χ2v) is 8.71. The van der Waals surface area contributed by atoms with Crippen molar-refractivity contribution in [2.24, 2.45) is 0 Å². The first-order valence-corrected chi connectivity index (χ1v) is 10.9. The Hall–Kier alpha value is -1.94. The molecule has 0 aliphatic rings. The molecule has 27 heavy (non-hydrogen) atoms. The smallest absolute Gasteiger partial charge is 0.284 e. The van der Waals surface area contributed by atoms with E-state index in [0.29, 0.717) is 10.5 Å². The molecule has 1 N–H and O–H groups in total. The van der Waals surface area contributed by atoms with Gasteiger partial charge in [-0.25, -0.2) is 8.42 Å². The maximum absolute atomic E-state index is 12.6. The Balaban J connectivity index is 2.27. The first kappa shape index (κ1) is 21.4. The normalized spacial score (nSPS) is 12.9. The molecule has 7 nitrogen and oxygen atoms in total.